The molecule has 0 saturated carbocycles. The second-order valence-electron chi connectivity index (χ2n) is 7.28. The van der Waals surface area contributed by atoms with Crippen molar-refractivity contribution >= 4 is 68.1 Å². The zero-order valence-corrected chi connectivity index (χ0v) is 19.9. The molecule has 0 spiro atoms. The van der Waals surface area contributed by atoms with Gasteiger partial charge in [-0.2, -0.15) is 0 Å². The van der Waals surface area contributed by atoms with E-state index >= 15 is 0 Å². The Morgan fingerprint density at radius 3 is 2.90 bits per heavy atom. The first-order valence-corrected chi connectivity index (χ1v) is 12.6. The summed E-state index contributed by atoms with van der Waals surface area (Å²) in [6.07, 6.45) is 7.04. The number of hydrogen-bond acceptors (Lipinski definition) is 5. The Morgan fingerprint density at radius 2 is 2.10 bits per heavy atom. The lowest BCUT2D eigenvalue weighted by Crippen LogP contribution is -2.24. The number of fused-ring (bicyclic) bond motifs is 3. The van der Waals surface area contributed by atoms with E-state index in [4.69, 9.17) is 28.2 Å². The first-order chi connectivity index (χ1) is 15.0. The normalized spacial score (nSPS) is 13.6. The third-order valence-corrected chi connectivity index (χ3v) is 8.14. The molecule has 0 atom stereocenters. The Morgan fingerprint density at radius 1 is 1.29 bits per heavy atom. The predicted octanol–water partition coefficient (Wildman–Crippen LogP) is 5.95. The van der Waals surface area contributed by atoms with E-state index in [1.807, 2.05) is 0 Å². The molecule has 0 saturated heterocycles. The second kappa shape index (κ2) is 9.77. The number of thioether (sulfide) groups is 1. The number of allylic oxidation sites excluding steroid dienone is 1. The Kier molecular flexibility index (Phi) is 7.06. The summed E-state index contributed by atoms with van der Waals surface area (Å²) in [7, 11) is 0. The van der Waals surface area contributed by atoms with Crippen LogP contribution in [0.3, 0.4) is 0 Å². The highest BCUT2D eigenvalue weighted by molar-refractivity contribution is 7.99. The van der Waals surface area contributed by atoms with Crippen molar-refractivity contribution in [2.24, 2.45) is 0 Å². The van der Waals surface area contributed by atoms with Crippen LogP contribution in [-0.2, 0) is 24.2 Å². The summed E-state index contributed by atoms with van der Waals surface area (Å²) >= 11 is 15.0. The number of hydrogen-bond donors (Lipinski definition) is 1. The third kappa shape index (κ3) is 4.70. The lowest BCUT2D eigenvalue weighted by atomic mass is 10.1. The van der Waals surface area contributed by atoms with Crippen LogP contribution in [0.25, 0.3) is 10.2 Å². The van der Waals surface area contributed by atoms with Crippen molar-refractivity contribution in [3.05, 3.63) is 61.7 Å². The van der Waals surface area contributed by atoms with Gasteiger partial charge in [-0.05, 0) is 43.4 Å². The van der Waals surface area contributed by atoms with Gasteiger partial charge >= 0.3 is 0 Å². The van der Waals surface area contributed by atoms with E-state index in [9.17, 15) is 9.59 Å². The Bertz CT molecular complexity index is 1220. The number of nitrogens with one attached hydrogen (secondary N) is 1. The molecule has 5 nitrogen and oxygen atoms in total. The van der Waals surface area contributed by atoms with E-state index in [0.29, 0.717) is 27.4 Å². The zero-order chi connectivity index (χ0) is 22.0. The lowest BCUT2D eigenvalue weighted by Gasteiger charge is -2.11. The molecule has 1 N–H and O–H groups in total. The Labute approximate surface area is 198 Å². The molecule has 0 aliphatic heterocycles. The molecular weight excluding hydrogens is 473 g/mol. The van der Waals surface area contributed by atoms with Crippen LogP contribution in [0, 0.1) is 0 Å². The van der Waals surface area contributed by atoms with Crippen LogP contribution in [0.15, 0.2) is 40.8 Å². The molecule has 2 aromatic heterocycles. The minimum absolute atomic E-state index is 0.0508. The number of halogens is 2. The first-order valence-electron chi connectivity index (χ1n) is 10.0. The van der Waals surface area contributed by atoms with Crippen LogP contribution in [0.1, 0.15) is 29.7 Å². The molecule has 1 aliphatic carbocycles. The van der Waals surface area contributed by atoms with Crippen LogP contribution in [0.5, 0.6) is 0 Å². The quantitative estimate of drug-likeness (QED) is 0.199. The largest absolute Gasteiger partial charge is 0.324 e. The third-order valence-electron chi connectivity index (χ3n) is 5.16. The maximum Gasteiger partial charge on any atom is 0.263 e. The molecule has 9 heteroatoms. The van der Waals surface area contributed by atoms with E-state index in [1.54, 1.807) is 40.2 Å². The molecule has 31 heavy (non-hydrogen) atoms. The van der Waals surface area contributed by atoms with Crippen molar-refractivity contribution in [2.75, 3.05) is 11.1 Å². The molecule has 2 heterocycles. The van der Waals surface area contributed by atoms with Gasteiger partial charge in [0.15, 0.2) is 5.16 Å². The maximum absolute atomic E-state index is 13.3. The molecule has 0 fully saturated rings. The summed E-state index contributed by atoms with van der Waals surface area (Å²) < 4.78 is 1.61. The fourth-order valence-corrected chi connectivity index (χ4v) is 6.17. The molecule has 0 bridgehead atoms. The van der Waals surface area contributed by atoms with Gasteiger partial charge in [0.25, 0.3) is 5.56 Å². The number of aryl methyl sites for hydroxylation is 2. The number of rotatable bonds is 6. The highest BCUT2D eigenvalue weighted by Crippen LogP contribution is 2.34. The van der Waals surface area contributed by atoms with Gasteiger partial charge in [-0.15, -0.1) is 17.9 Å². The van der Waals surface area contributed by atoms with Crippen LogP contribution < -0.4 is 10.9 Å². The summed E-state index contributed by atoms with van der Waals surface area (Å²) in [6, 6.07) is 5.06. The fraction of sp³-hybridized carbons (Fsp3) is 0.318. The number of carbonyl (C=O) groups is 1. The Hall–Kier alpha value is -1.80. The highest BCUT2D eigenvalue weighted by Gasteiger charge is 2.21. The Balaban J connectivity index is 1.61. The molecule has 3 aromatic rings. The summed E-state index contributed by atoms with van der Waals surface area (Å²) in [5, 5.41) is 4.69. The number of carbonyl (C=O) groups excluding carboxylic acids is 1. The number of anilines is 1. The van der Waals surface area contributed by atoms with E-state index in [-0.39, 0.29) is 17.2 Å². The number of thiophene rings is 1. The van der Waals surface area contributed by atoms with Gasteiger partial charge < -0.3 is 5.32 Å². The van der Waals surface area contributed by atoms with E-state index in [2.05, 4.69) is 11.9 Å². The van der Waals surface area contributed by atoms with Crippen LogP contribution in [-0.4, -0.2) is 21.2 Å². The standard InChI is InChI=1S/C22H21Cl2N3O2S2/c1-2-11-27-21(29)18-13-7-4-3-5-10-16(13)31-20(18)26-22(27)30-12-17(28)25-15-9-6-8-14(23)19(15)24/h2,6,8-9H,1,3-5,7,10-12H2,(H,25,28). The summed E-state index contributed by atoms with van der Waals surface area (Å²) in [6.45, 7) is 4.12. The van der Waals surface area contributed by atoms with Gasteiger partial charge in [-0.3, -0.25) is 14.2 Å². The minimum atomic E-state index is -0.254. The highest BCUT2D eigenvalue weighted by atomic mass is 35.5. The van der Waals surface area contributed by atoms with Crippen molar-refractivity contribution < 1.29 is 4.79 Å². The van der Waals surface area contributed by atoms with Gasteiger partial charge in [-0.25, -0.2) is 4.98 Å². The van der Waals surface area contributed by atoms with E-state index in [1.165, 1.54) is 23.1 Å². The van der Waals surface area contributed by atoms with Gasteiger partial charge in [0.1, 0.15) is 4.83 Å². The number of benzene rings is 1. The molecule has 1 aliphatic rings. The molecular formula is C22H21Cl2N3O2S2. The van der Waals surface area contributed by atoms with Crippen LogP contribution in [0.4, 0.5) is 5.69 Å². The van der Waals surface area contributed by atoms with Gasteiger partial charge in [-0.1, -0.05) is 53.5 Å². The number of nitrogens with zero attached hydrogens (tertiary/aromatic N) is 2. The molecule has 1 amide bonds. The smallest absolute Gasteiger partial charge is 0.263 e. The van der Waals surface area contributed by atoms with Crippen molar-refractivity contribution in [1.82, 2.24) is 9.55 Å². The summed E-state index contributed by atoms with van der Waals surface area (Å²) in [4.78, 5) is 32.6. The van der Waals surface area contributed by atoms with E-state index in [0.717, 1.165) is 41.5 Å². The molecule has 0 radical (unpaired) electrons. The number of amides is 1. The maximum atomic E-state index is 13.3. The monoisotopic (exact) mass is 493 g/mol. The van der Waals surface area contributed by atoms with Crippen LogP contribution >= 0.6 is 46.3 Å². The SMILES string of the molecule is C=CCn1c(SCC(=O)Nc2cccc(Cl)c2Cl)nc2sc3c(c2c1=O)CCCCC3. The van der Waals surface area contributed by atoms with Crippen molar-refractivity contribution in [1.29, 1.82) is 0 Å². The predicted molar refractivity (Wildman–Crippen MR) is 131 cm³/mol. The molecule has 0 unspecified atom stereocenters. The topological polar surface area (TPSA) is 64.0 Å². The van der Waals surface area contributed by atoms with Crippen molar-refractivity contribution in [2.45, 2.75) is 43.8 Å². The van der Waals surface area contributed by atoms with E-state index < -0.39 is 0 Å². The average molecular weight is 494 g/mol. The van der Waals surface area contributed by atoms with Crippen molar-refractivity contribution in [3.8, 4) is 0 Å². The van der Waals surface area contributed by atoms with Crippen LogP contribution in [0.2, 0.25) is 10.0 Å². The molecule has 162 valence electrons. The fourth-order valence-electron chi connectivity index (χ4n) is 3.71. The minimum Gasteiger partial charge on any atom is -0.324 e. The van der Waals surface area contributed by atoms with Gasteiger partial charge in [0.2, 0.25) is 5.91 Å². The molecule has 4 rings (SSSR count). The van der Waals surface area contributed by atoms with Crippen molar-refractivity contribution in [3.63, 3.8) is 0 Å². The summed E-state index contributed by atoms with van der Waals surface area (Å²) in [5.41, 5.74) is 1.57. The average Bonchev–Trinajstić information content (AvgIpc) is 2.93. The number of aromatic nitrogens is 2. The lowest BCUT2D eigenvalue weighted by molar-refractivity contribution is -0.113. The first kappa shape index (κ1) is 22.4. The van der Waals surface area contributed by atoms with Gasteiger partial charge in [0.05, 0.1) is 26.9 Å². The molecule has 1 aromatic carbocycles. The second-order valence-corrected chi connectivity index (χ2v) is 10.1. The zero-order valence-electron chi connectivity index (χ0n) is 16.7. The summed E-state index contributed by atoms with van der Waals surface area (Å²) in [5.74, 6) is -0.168. The van der Waals surface area contributed by atoms with Gasteiger partial charge in [0, 0.05) is 11.4 Å².